The summed E-state index contributed by atoms with van der Waals surface area (Å²) in [5.74, 6) is 1.89. The number of para-hydroxylation sites is 1. The average Bonchev–Trinajstić information content (AvgIpc) is 3.19. The number of rotatable bonds is 5. The van der Waals surface area contributed by atoms with Gasteiger partial charge in [-0.05, 0) is 43.7 Å². The van der Waals surface area contributed by atoms with E-state index in [0.717, 1.165) is 5.56 Å². The van der Waals surface area contributed by atoms with Crippen molar-refractivity contribution in [1.82, 2.24) is 24.7 Å². The molecule has 3 aromatic heterocycles. The highest BCUT2D eigenvalue weighted by Crippen LogP contribution is 2.34. The predicted molar refractivity (Wildman–Crippen MR) is 113 cm³/mol. The molecular formula is C21H21N5O2S. The van der Waals surface area contributed by atoms with Crippen LogP contribution in [0.1, 0.15) is 49.2 Å². The summed E-state index contributed by atoms with van der Waals surface area (Å²) in [6.07, 6.45) is 1.69. The van der Waals surface area contributed by atoms with Gasteiger partial charge in [0.2, 0.25) is 5.89 Å². The molecule has 0 fully saturated rings. The molecule has 8 heteroatoms. The number of aromatic nitrogens is 5. The predicted octanol–water partition coefficient (Wildman–Crippen LogP) is 4.45. The van der Waals surface area contributed by atoms with Gasteiger partial charge >= 0.3 is 0 Å². The first-order valence-corrected chi connectivity index (χ1v) is 10.3. The molecule has 0 saturated carbocycles. The summed E-state index contributed by atoms with van der Waals surface area (Å²) < 4.78 is 6.98. The smallest absolute Gasteiger partial charge is 0.267 e. The molecule has 3 heterocycles. The third-order valence-electron chi connectivity index (χ3n) is 4.48. The Morgan fingerprint density at radius 3 is 2.62 bits per heavy atom. The summed E-state index contributed by atoms with van der Waals surface area (Å²) in [6, 6.07) is 11.1. The van der Waals surface area contributed by atoms with Crippen LogP contribution in [0.5, 0.6) is 0 Å². The van der Waals surface area contributed by atoms with Crippen molar-refractivity contribution >= 4 is 22.7 Å². The van der Waals surface area contributed by atoms with Crippen LogP contribution >= 0.6 is 11.8 Å². The molecule has 1 atom stereocenters. The Bertz CT molecular complexity index is 1230. The fourth-order valence-electron chi connectivity index (χ4n) is 2.89. The third-order valence-corrected chi connectivity index (χ3v) is 5.52. The minimum Gasteiger partial charge on any atom is -0.338 e. The average molecular weight is 407 g/mol. The van der Waals surface area contributed by atoms with Crippen molar-refractivity contribution in [3.63, 3.8) is 0 Å². The fourth-order valence-corrected chi connectivity index (χ4v) is 3.84. The Morgan fingerprint density at radius 2 is 1.90 bits per heavy atom. The topological polar surface area (TPSA) is 86.7 Å². The Hall–Kier alpha value is -3.00. The van der Waals surface area contributed by atoms with Gasteiger partial charge in [-0.3, -0.25) is 4.79 Å². The van der Waals surface area contributed by atoms with Crippen molar-refractivity contribution in [3.8, 4) is 5.82 Å². The summed E-state index contributed by atoms with van der Waals surface area (Å²) in [5, 5.41) is 4.94. The molecule has 0 bridgehead atoms. The molecule has 0 N–H and O–H groups in total. The van der Waals surface area contributed by atoms with Gasteiger partial charge in [0, 0.05) is 12.1 Å². The van der Waals surface area contributed by atoms with E-state index in [1.54, 1.807) is 16.8 Å². The highest BCUT2D eigenvalue weighted by atomic mass is 32.2. The SMILES string of the molecule is Cc1ccnc(-n2c(S[C@@H](C)c3nc(C(C)C)no3)nc3ccccc3c2=O)c1. The molecule has 0 aliphatic rings. The van der Waals surface area contributed by atoms with Crippen molar-refractivity contribution in [3.05, 3.63) is 70.2 Å². The van der Waals surface area contributed by atoms with Crippen molar-refractivity contribution in [2.75, 3.05) is 0 Å². The first kappa shape index (κ1) is 19.3. The maximum absolute atomic E-state index is 13.3. The van der Waals surface area contributed by atoms with Crippen LogP contribution in [0.4, 0.5) is 0 Å². The number of hydrogen-bond acceptors (Lipinski definition) is 7. The van der Waals surface area contributed by atoms with Crippen LogP contribution in [0.25, 0.3) is 16.7 Å². The summed E-state index contributed by atoms with van der Waals surface area (Å²) in [4.78, 5) is 26.9. The standard InChI is InChI=1S/C21H21N5O2S/c1-12(2)18-24-19(28-25-18)14(4)29-21-23-16-8-6-5-7-15(16)20(27)26(21)17-11-13(3)9-10-22-17/h5-12,14H,1-4H3/t14-/m0/s1. The summed E-state index contributed by atoms with van der Waals surface area (Å²) in [6.45, 7) is 7.94. The Labute approximate surface area is 172 Å². The Kier molecular flexibility index (Phi) is 5.19. The van der Waals surface area contributed by atoms with E-state index in [1.165, 1.54) is 11.8 Å². The van der Waals surface area contributed by atoms with Crippen LogP contribution in [0.15, 0.2) is 57.1 Å². The molecule has 1 aromatic carbocycles. The highest BCUT2D eigenvalue weighted by Gasteiger charge is 2.22. The fraction of sp³-hybridized carbons (Fsp3) is 0.286. The van der Waals surface area contributed by atoms with E-state index in [-0.39, 0.29) is 16.7 Å². The van der Waals surface area contributed by atoms with E-state index in [9.17, 15) is 4.79 Å². The van der Waals surface area contributed by atoms with E-state index in [4.69, 9.17) is 9.51 Å². The van der Waals surface area contributed by atoms with Crippen LogP contribution in [0, 0.1) is 6.92 Å². The number of fused-ring (bicyclic) bond motifs is 1. The van der Waals surface area contributed by atoms with E-state index in [0.29, 0.717) is 33.6 Å². The van der Waals surface area contributed by atoms with Gasteiger partial charge < -0.3 is 4.52 Å². The van der Waals surface area contributed by atoms with Crippen LogP contribution in [-0.2, 0) is 0 Å². The molecule has 4 rings (SSSR count). The number of hydrogen-bond donors (Lipinski definition) is 0. The van der Waals surface area contributed by atoms with Crippen LogP contribution in [0.2, 0.25) is 0 Å². The monoisotopic (exact) mass is 407 g/mol. The van der Waals surface area contributed by atoms with E-state index >= 15 is 0 Å². The lowest BCUT2D eigenvalue weighted by Gasteiger charge is -2.14. The first-order chi connectivity index (χ1) is 13.9. The van der Waals surface area contributed by atoms with E-state index in [2.05, 4.69) is 15.1 Å². The first-order valence-electron chi connectivity index (χ1n) is 9.39. The maximum Gasteiger partial charge on any atom is 0.267 e. The molecule has 7 nitrogen and oxygen atoms in total. The van der Waals surface area contributed by atoms with Gasteiger partial charge in [-0.25, -0.2) is 14.5 Å². The molecule has 0 saturated heterocycles. The zero-order valence-corrected chi connectivity index (χ0v) is 17.5. The van der Waals surface area contributed by atoms with Crippen LogP contribution < -0.4 is 5.56 Å². The van der Waals surface area contributed by atoms with Crippen molar-refractivity contribution < 1.29 is 4.52 Å². The molecular weight excluding hydrogens is 386 g/mol. The second-order valence-electron chi connectivity index (χ2n) is 7.15. The van der Waals surface area contributed by atoms with Gasteiger partial charge in [0.1, 0.15) is 5.82 Å². The van der Waals surface area contributed by atoms with Crippen molar-refractivity contribution in [2.24, 2.45) is 0 Å². The minimum absolute atomic E-state index is 0.156. The third kappa shape index (κ3) is 3.80. The lowest BCUT2D eigenvalue weighted by Crippen LogP contribution is -2.23. The second-order valence-corrected chi connectivity index (χ2v) is 8.46. The molecule has 0 radical (unpaired) electrons. The van der Waals surface area contributed by atoms with Crippen LogP contribution in [0.3, 0.4) is 0 Å². The van der Waals surface area contributed by atoms with Gasteiger partial charge in [-0.15, -0.1) is 0 Å². The molecule has 0 aliphatic heterocycles. The van der Waals surface area contributed by atoms with Gasteiger partial charge in [-0.2, -0.15) is 4.98 Å². The van der Waals surface area contributed by atoms with Gasteiger partial charge in [-0.1, -0.05) is 42.9 Å². The maximum atomic E-state index is 13.3. The molecule has 0 spiro atoms. The Balaban J connectivity index is 1.83. The van der Waals surface area contributed by atoms with Gasteiger partial charge in [0.05, 0.1) is 16.2 Å². The lowest BCUT2D eigenvalue weighted by molar-refractivity contribution is 0.373. The second kappa shape index (κ2) is 7.79. The lowest BCUT2D eigenvalue weighted by atomic mass is 10.2. The zero-order chi connectivity index (χ0) is 20.5. The van der Waals surface area contributed by atoms with Crippen molar-refractivity contribution in [1.29, 1.82) is 0 Å². The normalized spacial score (nSPS) is 12.6. The molecule has 4 aromatic rings. The quantitative estimate of drug-likeness (QED) is 0.357. The minimum atomic E-state index is -0.181. The summed E-state index contributed by atoms with van der Waals surface area (Å²) in [7, 11) is 0. The zero-order valence-electron chi connectivity index (χ0n) is 16.7. The largest absolute Gasteiger partial charge is 0.338 e. The molecule has 0 aliphatic carbocycles. The highest BCUT2D eigenvalue weighted by molar-refractivity contribution is 7.99. The summed E-state index contributed by atoms with van der Waals surface area (Å²) in [5.41, 5.74) is 1.50. The number of nitrogens with zero attached hydrogens (tertiary/aromatic N) is 5. The van der Waals surface area contributed by atoms with E-state index in [1.807, 2.05) is 58.0 Å². The number of aryl methyl sites for hydroxylation is 1. The van der Waals surface area contributed by atoms with Crippen molar-refractivity contribution in [2.45, 2.75) is 44.0 Å². The number of thioether (sulfide) groups is 1. The number of pyridine rings is 1. The van der Waals surface area contributed by atoms with Gasteiger partial charge in [0.15, 0.2) is 11.0 Å². The number of benzene rings is 1. The summed E-state index contributed by atoms with van der Waals surface area (Å²) >= 11 is 1.39. The molecule has 0 unspecified atom stereocenters. The molecule has 148 valence electrons. The molecule has 29 heavy (non-hydrogen) atoms. The van der Waals surface area contributed by atoms with Crippen LogP contribution in [-0.4, -0.2) is 24.7 Å². The Morgan fingerprint density at radius 1 is 1.10 bits per heavy atom. The van der Waals surface area contributed by atoms with E-state index < -0.39 is 0 Å². The van der Waals surface area contributed by atoms with Gasteiger partial charge in [0.25, 0.3) is 5.56 Å². The molecule has 0 amide bonds.